The number of fused-ring (bicyclic) bond motifs is 1. The molecular formula is C15H18FN5O3. The van der Waals surface area contributed by atoms with Crippen molar-refractivity contribution in [3.63, 3.8) is 0 Å². The monoisotopic (exact) mass is 335 g/mol. The number of alkyl halides is 1. The lowest BCUT2D eigenvalue weighted by Gasteiger charge is -2.25. The van der Waals surface area contributed by atoms with Crippen LogP contribution in [-0.2, 0) is 4.74 Å². The van der Waals surface area contributed by atoms with Crippen molar-refractivity contribution in [2.24, 2.45) is 0 Å². The molecule has 0 radical (unpaired) electrons. The molecule has 0 aliphatic carbocycles. The molecule has 0 aromatic carbocycles. The first kappa shape index (κ1) is 16.5. The number of rotatable bonds is 3. The van der Waals surface area contributed by atoms with E-state index in [2.05, 4.69) is 20.7 Å². The van der Waals surface area contributed by atoms with Gasteiger partial charge in [0.2, 0.25) is 5.67 Å². The number of ether oxygens (including phenoxy) is 1. The molecule has 4 N–H and O–H groups in total. The molecule has 4 atom stereocenters. The second-order valence-electron chi connectivity index (χ2n) is 5.85. The van der Waals surface area contributed by atoms with Gasteiger partial charge in [-0.15, -0.1) is 5.73 Å². The van der Waals surface area contributed by atoms with Crippen LogP contribution >= 0.6 is 0 Å². The molecule has 0 unspecified atom stereocenters. The van der Waals surface area contributed by atoms with Crippen molar-refractivity contribution in [3.8, 4) is 0 Å². The van der Waals surface area contributed by atoms with Crippen LogP contribution in [0.1, 0.15) is 20.1 Å². The quantitative estimate of drug-likeness (QED) is 0.698. The molecular weight excluding hydrogens is 317 g/mol. The number of anilines is 1. The summed E-state index contributed by atoms with van der Waals surface area (Å²) in [6.45, 7) is 2.97. The first-order chi connectivity index (χ1) is 11.4. The van der Waals surface area contributed by atoms with Crippen LogP contribution in [0.2, 0.25) is 0 Å². The summed E-state index contributed by atoms with van der Waals surface area (Å²) in [6.07, 6.45) is -0.281. The maximum atomic E-state index is 15.6. The Kier molecular flexibility index (Phi) is 4.10. The molecule has 2 aromatic heterocycles. The van der Waals surface area contributed by atoms with E-state index >= 15 is 4.39 Å². The average molecular weight is 335 g/mol. The highest BCUT2D eigenvalue weighted by atomic mass is 19.1. The second kappa shape index (κ2) is 5.95. The van der Waals surface area contributed by atoms with Crippen molar-refractivity contribution in [2.45, 2.75) is 38.0 Å². The zero-order chi connectivity index (χ0) is 17.5. The van der Waals surface area contributed by atoms with Gasteiger partial charge in [0, 0.05) is 6.08 Å². The van der Waals surface area contributed by atoms with Crippen LogP contribution in [0.5, 0.6) is 0 Å². The molecule has 8 nitrogen and oxygen atoms in total. The minimum atomic E-state index is -2.32. The number of nitrogens with zero attached hydrogens (tertiary/aromatic N) is 4. The summed E-state index contributed by atoms with van der Waals surface area (Å²) in [6, 6.07) is 0. The van der Waals surface area contributed by atoms with Crippen molar-refractivity contribution < 1.29 is 19.3 Å². The minimum Gasteiger partial charge on any atom is -0.394 e. The largest absolute Gasteiger partial charge is 0.394 e. The lowest BCUT2D eigenvalue weighted by molar-refractivity contribution is -0.0515. The Balaban J connectivity index is 2.16. The summed E-state index contributed by atoms with van der Waals surface area (Å²) in [5.41, 5.74) is 7.48. The van der Waals surface area contributed by atoms with Gasteiger partial charge in [0.05, 0.1) is 12.9 Å². The van der Waals surface area contributed by atoms with Crippen LogP contribution < -0.4 is 5.73 Å². The van der Waals surface area contributed by atoms with Crippen LogP contribution in [-0.4, -0.2) is 54.2 Å². The van der Waals surface area contributed by atoms with E-state index in [0.717, 1.165) is 11.6 Å². The predicted molar refractivity (Wildman–Crippen MR) is 83.5 cm³/mol. The van der Waals surface area contributed by atoms with Gasteiger partial charge in [0.1, 0.15) is 24.1 Å². The van der Waals surface area contributed by atoms with Crippen LogP contribution in [0.4, 0.5) is 10.2 Å². The van der Waals surface area contributed by atoms with Crippen molar-refractivity contribution in [1.82, 2.24) is 19.5 Å². The van der Waals surface area contributed by atoms with E-state index in [9.17, 15) is 10.2 Å². The van der Waals surface area contributed by atoms with E-state index in [1.165, 1.54) is 17.2 Å². The smallest absolute Gasteiger partial charge is 0.209 e. The van der Waals surface area contributed by atoms with Crippen molar-refractivity contribution >= 4 is 17.0 Å². The van der Waals surface area contributed by atoms with Gasteiger partial charge in [-0.25, -0.2) is 19.3 Å². The lowest BCUT2D eigenvalue weighted by Crippen LogP contribution is -2.41. The number of imidazole rings is 1. The highest BCUT2D eigenvalue weighted by molar-refractivity contribution is 5.81. The number of nitrogens with two attached hydrogens (primary N) is 1. The zero-order valence-electron chi connectivity index (χ0n) is 13.2. The SMILES string of the molecule is CC(C)=C=C[C@@]1(F)[C@H](O)[C@@H](CO)O[C@H]1n1cnc2c(N)ncnc21. The fourth-order valence-electron chi connectivity index (χ4n) is 2.65. The third kappa shape index (κ3) is 2.47. The fraction of sp³-hybridized carbons (Fsp3) is 0.467. The number of hydrogen-bond acceptors (Lipinski definition) is 7. The number of aliphatic hydroxyl groups excluding tert-OH is 2. The Morgan fingerprint density at radius 1 is 1.50 bits per heavy atom. The Morgan fingerprint density at radius 2 is 2.25 bits per heavy atom. The minimum absolute atomic E-state index is 0.153. The molecule has 1 aliphatic heterocycles. The number of nitrogen functional groups attached to an aromatic ring is 1. The number of aliphatic hydroxyl groups is 2. The van der Waals surface area contributed by atoms with Gasteiger partial charge in [0.25, 0.3) is 0 Å². The van der Waals surface area contributed by atoms with Crippen LogP contribution in [0, 0.1) is 0 Å². The number of halogens is 1. The summed E-state index contributed by atoms with van der Waals surface area (Å²) < 4.78 is 22.5. The summed E-state index contributed by atoms with van der Waals surface area (Å²) in [5, 5.41) is 19.6. The predicted octanol–water partition coefficient (Wildman–Crippen LogP) is 0.489. The van der Waals surface area contributed by atoms with E-state index in [4.69, 9.17) is 10.5 Å². The van der Waals surface area contributed by atoms with Gasteiger partial charge in [0.15, 0.2) is 17.7 Å². The Labute approximate surface area is 137 Å². The molecule has 0 spiro atoms. The van der Waals surface area contributed by atoms with E-state index in [0.29, 0.717) is 5.52 Å². The Morgan fingerprint density at radius 3 is 2.92 bits per heavy atom. The summed E-state index contributed by atoms with van der Waals surface area (Å²) in [7, 11) is 0. The molecule has 1 aliphatic rings. The molecule has 128 valence electrons. The summed E-state index contributed by atoms with van der Waals surface area (Å²) >= 11 is 0. The first-order valence-corrected chi connectivity index (χ1v) is 7.36. The molecule has 1 saturated heterocycles. The van der Waals surface area contributed by atoms with E-state index in [-0.39, 0.29) is 11.5 Å². The summed E-state index contributed by atoms with van der Waals surface area (Å²) in [5.74, 6) is 0.153. The summed E-state index contributed by atoms with van der Waals surface area (Å²) in [4.78, 5) is 12.0. The Hall–Kier alpha value is -2.32. The van der Waals surface area contributed by atoms with Crippen molar-refractivity contribution in [3.05, 3.63) is 30.0 Å². The van der Waals surface area contributed by atoms with Crippen LogP contribution in [0.15, 0.2) is 30.0 Å². The number of aromatic nitrogens is 4. The highest BCUT2D eigenvalue weighted by Gasteiger charge is 2.57. The van der Waals surface area contributed by atoms with Crippen molar-refractivity contribution in [2.75, 3.05) is 12.3 Å². The van der Waals surface area contributed by atoms with Gasteiger partial charge < -0.3 is 20.7 Å². The zero-order valence-corrected chi connectivity index (χ0v) is 13.2. The van der Waals surface area contributed by atoms with Crippen LogP contribution in [0.25, 0.3) is 11.2 Å². The molecule has 3 heterocycles. The van der Waals surface area contributed by atoms with Crippen LogP contribution in [0.3, 0.4) is 0 Å². The number of hydrogen-bond donors (Lipinski definition) is 3. The lowest BCUT2D eigenvalue weighted by atomic mass is 9.95. The van der Waals surface area contributed by atoms with Gasteiger partial charge in [-0.05, 0) is 19.4 Å². The Bertz CT molecular complexity index is 828. The second-order valence-corrected chi connectivity index (χ2v) is 5.85. The third-order valence-electron chi connectivity index (χ3n) is 3.89. The van der Waals surface area contributed by atoms with Gasteiger partial charge in [-0.1, -0.05) is 0 Å². The molecule has 0 saturated carbocycles. The van der Waals surface area contributed by atoms with Gasteiger partial charge in [-0.2, -0.15) is 0 Å². The van der Waals surface area contributed by atoms with E-state index in [1.807, 2.05) is 0 Å². The third-order valence-corrected chi connectivity index (χ3v) is 3.89. The molecule has 0 amide bonds. The normalized spacial score (nSPS) is 29.6. The molecule has 3 rings (SSSR count). The van der Waals surface area contributed by atoms with E-state index < -0.39 is 30.7 Å². The molecule has 24 heavy (non-hydrogen) atoms. The molecule has 9 heteroatoms. The van der Waals surface area contributed by atoms with Gasteiger partial charge in [-0.3, -0.25) is 4.57 Å². The highest BCUT2D eigenvalue weighted by Crippen LogP contribution is 2.43. The molecule has 1 fully saturated rings. The van der Waals surface area contributed by atoms with Gasteiger partial charge >= 0.3 is 0 Å². The fourth-order valence-corrected chi connectivity index (χ4v) is 2.65. The van der Waals surface area contributed by atoms with Crippen molar-refractivity contribution in [1.29, 1.82) is 0 Å². The topological polar surface area (TPSA) is 119 Å². The standard InChI is InChI=1S/C15H18FN5O3/c1-8(2)3-4-15(16)11(23)9(5-22)24-14(15)21-7-20-10-12(17)18-6-19-13(10)21/h4,6-7,9,11,14,22-23H,5H2,1-2H3,(H2,17,18,19)/t9-,11-,14-,15-/m1/s1. The first-order valence-electron chi connectivity index (χ1n) is 7.36. The molecule has 0 bridgehead atoms. The molecule has 2 aromatic rings. The average Bonchev–Trinajstić information content (AvgIpc) is 3.07. The maximum Gasteiger partial charge on any atom is 0.209 e. The van der Waals surface area contributed by atoms with E-state index in [1.54, 1.807) is 13.8 Å². The maximum absolute atomic E-state index is 15.6.